The molecule has 0 amide bonds. The van der Waals surface area contributed by atoms with Crippen LogP contribution in [0.5, 0.6) is 5.75 Å². The molecule has 0 atom stereocenters. The van der Waals surface area contributed by atoms with Crippen LogP contribution in [0.1, 0.15) is 16.7 Å². The predicted molar refractivity (Wildman–Crippen MR) is 88.0 cm³/mol. The molecule has 6 heteroatoms. The number of carbonyl (C=O) groups is 1. The second-order valence-electron chi connectivity index (χ2n) is 5.22. The summed E-state index contributed by atoms with van der Waals surface area (Å²) < 4.78 is 42.5. The molecule has 0 unspecified atom stereocenters. The highest BCUT2D eigenvalue weighted by Crippen LogP contribution is 2.30. The van der Waals surface area contributed by atoms with Gasteiger partial charge in [-0.2, -0.15) is 13.2 Å². The van der Waals surface area contributed by atoms with E-state index in [9.17, 15) is 23.1 Å². The van der Waals surface area contributed by atoms with Crippen molar-refractivity contribution in [1.82, 2.24) is 0 Å². The van der Waals surface area contributed by atoms with Crippen molar-refractivity contribution >= 4 is 11.5 Å². The summed E-state index contributed by atoms with van der Waals surface area (Å²) in [5.74, 6) is -0.882. The molecule has 2 aromatic carbocycles. The standard InChI is InChI=1S/C19H15F3O3/c1-13-4-6-14(7-5-13)17(18(23)24)3-2-12-25-16-10-8-15(9-11-16)19(20,21)22/h2-12H,1H3,(H,23,24)/b12-2+,17-3-. The number of allylic oxidation sites excluding steroid dienone is 2. The van der Waals surface area contributed by atoms with E-state index in [1.807, 2.05) is 6.92 Å². The molecule has 2 aromatic rings. The van der Waals surface area contributed by atoms with Crippen LogP contribution in [0.4, 0.5) is 13.2 Å². The van der Waals surface area contributed by atoms with Crippen molar-refractivity contribution in [3.8, 4) is 5.75 Å². The van der Waals surface area contributed by atoms with Gasteiger partial charge in [0, 0.05) is 0 Å². The summed E-state index contributed by atoms with van der Waals surface area (Å²) >= 11 is 0. The van der Waals surface area contributed by atoms with E-state index in [1.54, 1.807) is 24.3 Å². The van der Waals surface area contributed by atoms with Gasteiger partial charge in [0.25, 0.3) is 0 Å². The number of rotatable bonds is 5. The van der Waals surface area contributed by atoms with Crippen molar-refractivity contribution in [2.75, 3.05) is 0 Å². The Labute approximate surface area is 142 Å². The predicted octanol–water partition coefficient (Wildman–Crippen LogP) is 5.07. The molecule has 0 radical (unpaired) electrons. The highest BCUT2D eigenvalue weighted by atomic mass is 19.4. The molecule has 2 rings (SSSR count). The molecule has 0 saturated heterocycles. The van der Waals surface area contributed by atoms with Gasteiger partial charge in [0.2, 0.25) is 0 Å². The van der Waals surface area contributed by atoms with Crippen molar-refractivity contribution < 1.29 is 27.8 Å². The lowest BCUT2D eigenvalue weighted by molar-refractivity contribution is -0.137. The van der Waals surface area contributed by atoms with Gasteiger partial charge in [-0.3, -0.25) is 0 Å². The molecular weight excluding hydrogens is 333 g/mol. The lowest BCUT2D eigenvalue weighted by Gasteiger charge is -2.06. The topological polar surface area (TPSA) is 46.5 Å². The van der Waals surface area contributed by atoms with Crippen LogP contribution in [-0.2, 0) is 11.0 Å². The molecule has 0 aliphatic rings. The van der Waals surface area contributed by atoms with Crippen LogP contribution in [-0.4, -0.2) is 11.1 Å². The normalized spacial score (nSPS) is 12.4. The first-order valence-corrected chi connectivity index (χ1v) is 7.28. The van der Waals surface area contributed by atoms with Gasteiger partial charge in [-0.15, -0.1) is 0 Å². The Morgan fingerprint density at radius 2 is 1.64 bits per heavy atom. The fraction of sp³-hybridized carbons (Fsp3) is 0.105. The lowest BCUT2D eigenvalue weighted by Crippen LogP contribution is -2.03. The molecule has 0 bridgehead atoms. The van der Waals surface area contributed by atoms with Crippen molar-refractivity contribution in [2.24, 2.45) is 0 Å². The van der Waals surface area contributed by atoms with E-state index in [-0.39, 0.29) is 11.3 Å². The van der Waals surface area contributed by atoms with Crippen LogP contribution in [0.3, 0.4) is 0 Å². The van der Waals surface area contributed by atoms with E-state index in [0.29, 0.717) is 5.56 Å². The minimum Gasteiger partial charge on any atom is -0.478 e. The smallest absolute Gasteiger partial charge is 0.416 e. The SMILES string of the molecule is Cc1ccc(/C(=C/C=C/Oc2ccc(C(F)(F)F)cc2)C(=O)O)cc1. The van der Waals surface area contributed by atoms with Crippen molar-refractivity contribution in [3.63, 3.8) is 0 Å². The van der Waals surface area contributed by atoms with Gasteiger partial charge in [-0.05, 0) is 48.9 Å². The van der Waals surface area contributed by atoms with Crippen molar-refractivity contribution in [2.45, 2.75) is 13.1 Å². The van der Waals surface area contributed by atoms with Gasteiger partial charge in [0.05, 0.1) is 17.4 Å². The number of hydrogen-bond acceptors (Lipinski definition) is 2. The summed E-state index contributed by atoms with van der Waals surface area (Å²) in [4.78, 5) is 11.3. The maximum atomic E-state index is 12.5. The number of carboxylic acid groups (broad SMARTS) is 1. The minimum absolute atomic E-state index is 0.0762. The first-order chi connectivity index (χ1) is 11.8. The molecular formula is C19H15F3O3. The maximum absolute atomic E-state index is 12.5. The molecule has 1 N–H and O–H groups in total. The zero-order valence-corrected chi connectivity index (χ0v) is 13.2. The summed E-state index contributed by atoms with van der Waals surface area (Å²) in [6.07, 6.45) is -0.459. The lowest BCUT2D eigenvalue weighted by atomic mass is 10.0. The van der Waals surface area contributed by atoms with Crippen LogP contribution in [0.25, 0.3) is 5.57 Å². The van der Waals surface area contributed by atoms with Gasteiger partial charge in [-0.25, -0.2) is 4.79 Å². The molecule has 0 aliphatic carbocycles. The third-order valence-electron chi connectivity index (χ3n) is 3.32. The first-order valence-electron chi connectivity index (χ1n) is 7.28. The number of carboxylic acids is 1. The monoisotopic (exact) mass is 348 g/mol. The van der Waals surface area contributed by atoms with Gasteiger partial charge >= 0.3 is 12.1 Å². The van der Waals surface area contributed by atoms with E-state index in [0.717, 1.165) is 17.7 Å². The number of benzene rings is 2. The van der Waals surface area contributed by atoms with E-state index in [2.05, 4.69) is 0 Å². The number of halogens is 3. The third-order valence-corrected chi connectivity index (χ3v) is 3.32. The van der Waals surface area contributed by atoms with Crippen molar-refractivity contribution in [3.05, 3.63) is 83.6 Å². The molecule has 0 aromatic heterocycles. The fourth-order valence-corrected chi connectivity index (χ4v) is 2.00. The van der Waals surface area contributed by atoms with Crippen LogP contribution < -0.4 is 4.74 Å². The third kappa shape index (κ3) is 5.24. The van der Waals surface area contributed by atoms with Gasteiger partial charge in [0.15, 0.2) is 0 Å². The zero-order chi connectivity index (χ0) is 18.4. The highest BCUT2D eigenvalue weighted by molar-refractivity contribution is 6.15. The average molecular weight is 348 g/mol. The van der Waals surface area contributed by atoms with Crippen molar-refractivity contribution in [1.29, 1.82) is 0 Å². The van der Waals surface area contributed by atoms with Crippen LogP contribution in [0.2, 0.25) is 0 Å². The number of ether oxygens (including phenoxy) is 1. The minimum atomic E-state index is -4.40. The number of aryl methyl sites for hydroxylation is 1. The van der Waals surface area contributed by atoms with E-state index >= 15 is 0 Å². The molecule has 3 nitrogen and oxygen atoms in total. The summed E-state index contributed by atoms with van der Waals surface area (Å²) in [6, 6.07) is 11.2. The van der Waals surface area contributed by atoms with E-state index in [1.165, 1.54) is 30.5 Å². The number of hydrogen-bond donors (Lipinski definition) is 1. The van der Waals surface area contributed by atoms with E-state index in [4.69, 9.17) is 4.74 Å². The Morgan fingerprint density at radius 1 is 1.04 bits per heavy atom. The molecule has 25 heavy (non-hydrogen) atoms. The van der Waals surface area contributed by atoms with Crippen LogP contribution in [0.15, 0.2) is 66.9 Å². The molecule has 0 heterocycles. The quantitative estimate of drug-likeness (QED) is 0.466. The Morgan fingerprint density at radius 3 is 2.16 bits per heavy atom. The molecule has 0 spiro atoms. The average Bonchev–Trinajstić information content (AvgIpc) is 2.55. The van der Waals surface area contributed by atoms with E-state index < -0.39 is 17.7 Å². The number of aliphatic carboxylic acids is 1. The zero-order valence-electron chi connectivity index (χ0n) is 13.2. The van der Waals surface area contributed by atoms with Gasteiger partial charge < -0.3 is 9.84 Å². The molecule has 0 aliphatic heterocycles. The molecule has 130 valence electrons. The Balaban J connectivity index is 2.08. The Hall–Kier alpha value is -3.02. The maximum Gasteiger partial charge on any atom is 0.416 e. The largest absolute Gasteiger partial charge is 0.478 e. The second-order valence-corrected chi connectivity index (χ2v) is 5.22. The first kappa shape index (κ1) is 18.3. The summed E-state index contributed by atoms with van der Waals surface area (Å²) in [5, 5.41) is 9.27. The van der Waals surface area contributed by atoms with Gasteiger partial charge in [0.1, 0.15) is 5.75 Å². The second kappa shape index (κ2) is 7.70. The Kier molecular flexibility index (Phi) is 5.64. The summed E-state index contributed by atoms with van der Waals surface area (Å²) in [5.41, 5.74) is 0.857. The molecule has 0 saturated carbocycles. The van der Waals surface area contributed by atoms with Crippen LogP contribution in [0, 0.1) is 6.92 Å². The van der Waals surface area contributed by atoms with Gasteiger partial charge in [-0.1, -0.05) is 29.8 Å². The Bertz CT molecular complexity index is 786. The molecule has 0 fully saturated rings. The summed E-state index contributed by atoms with van der Waals surface area (Å²) in [7, 11) is 0. The fourth-order valence-electron chi connectivity index (χ4n) is 2.00. The highest BCUT2D eigenvalue weighted by Gasteiger charge is 2.29. The number of alkyl halides is 3. The summed E-state index contributed by atoms with van der Waals surface area (Å²) in [6.45, 7) is 1.89. The van der Waals surface area contributed by atoms with Crippen LogP contribution >= 0.6 is 0 Å².